The molecule has 43 heavy (non-hydrogen) atoms. The number of aliphatic hydroxyl groups is 1. The van der Waals surface area contributed by atoms with Crippen LogP contribution in [0.3, 0.4) is 0 Å². The Morgan fingerprint density at radius 3 is 1.91 bits per heavy atom. The van der Waals surface area contributed by atoms with E-state index in [1.165, 1.54) is 32.0 Å². The summed E-state index contributed by atoms with van der Waals surface area (Å²) < 4.78 is 4.40. The Morgan fingerprint density at radius 2 is 1.33 bits per heavy atom. The van der Waals surface area contributed by atoms with Crippen molar-refractivity contribution in [1.29, 1.82) is 0 Å². The maximum absolute atomic E-state index is 10.7. The predicted molar refractivity (Wildman–Crippen MR) is 165 cm³/mol. The number of hydrogen-bond acceptors (Lipinski definition) is 9. The predicted octanol–water partition coefficient (Wildman–Crippen LogP) is 4.94. The molecule has 0 aromatic carbocycles. The van der Waals surface area contributed by atoms with Crippen molar-refractivity contribution >= 4 is 33.7 Å². The van der Waals surface area contributed by atoms with Gasteiger partial charge in [0.1, 0.15) is 41.7 Å². The summed E-state index contributed by atoms with van der Waals surface area (Å²) in [5, 5.41) is 12.4. The van der Waals surface area contributed by atoms with Gasteiger partial charge in [-0.25, -0.2) is 19.9 Å². The third-order valence-corrected chi connectivity index (χ3v) is 8.68. The van der Waals surface area contributed by atoms with Gasteiger partial charge in [0, 0.05) is 54.5 Å². The number of aromatic nitrogens is 8. The van der Waals surface area contributed by atoms with Crippen molar-refractivity contribution < 1.29 is 5.11 Å². The quantitative estimate of drug-likeness (QED) is 0.250. The molecular formula is C32H34N10O. The zero-order chi connectivity index (χ0) is 29.3. The third-order valence-electron chi connectivity index (χ3n) is 8.68. The number of nitrogens with zero attached hydrogens (tertiary/aromatic N) is 8. The summed E-state index contributed by atoms with van der Waals surface area (Å²) in [4.78, 5) is 25.7. The van der Waals surface area contributed by atoms with Crippen molar-refractivity contribution in [3.05, 3.63) is 96.4 Å². The van der Waals surface area contributed by atoms with Crippen LogP contribution >= 0.6 is 0 Å². The molecule has 0 bridgehead atoms. The van der Waals surface area contributed by atoms with Gasteiger partial charge in [-0.15, -0.1) is 0 Å². The first kappa shape index (κ1) is 27.0. The topological polar surface area (TPSA) is 159 Å². The van der Waals surface area contributed by atoms with E-state index >= 15 is 0 Å². The first-order valence-corrected chi connectivity index (χ1v) is 14.8. The standard InChI is InChI=1S/C16H17N5O.C16H17N5/c17-15-13-11(14(22)12-6-1-2-7-18-12)8-21(10-4-3-5-10)16(13)20-9-19-15;17-15-14-11(8-12-4-1-2-7-18-12)9-21(13-5-3-6-13)16(14)20-10-19-15/h1-2,6-10,14,22H,3-5H2,(H2,17,19,20);1-2,4,7,9-10,13H,3,5-6,8H2,(H2,17,19,20). The molecule has 5 N–H and O–H groups in total. The van der Waals surface area contributed by atoms with Crippen LogP contribution in [0.1, 0.15) is 79.2 Å². The Morgan fingerprint density at radius 1 is 0.721 bits per heavy atom. The van der Waals surface area contributed by atoms with Crippen LogP contribution in [-0.2, 0) is 6.42 Å². The Kier molecular flexibility index (Phi) is 7.15. The fourth-order valence-corrected chi connectivity index (χ4v) is 5.95. The average molecular weight is 575 g/mol. The SMILES string of the molecule is Nc1ncnc2c1c(C(O)c1ccccn1)cn2C1CCC1.Nc1ncnc2c1c(Cc1ccccn1)cn2C1CCC1. The molecule has 218 valence electrons. The molecule has 1 unspecified atom stereocenters. The van der Waals surface area contributed by atoms with Gasteiger partial charge in [0.2, 0.25) is 0 Å². The number of aliphatic hydroxyl groups excluding tert-OH is 1. The summed E-state index contributed by atoms with van der Waals surface area (Å²) in [6.07, 6.45) is 17.8. The van der Waals surface area contributed by atoms with Gasteiger partial charge in [-0.2, -0.15) is 0 Å². The van der Waals surface area contributed by atoms with E-state index in [1.807, 2.05) is 42.7 Å². The molecule has 0 aliphatic heterocycles. The molecule has 6 aromatic heterocycles. The summed E-state index contributed by atoms with van der Waals surface area (Å²) >= 11 is 0. The third kappa shape index (κ3) is 5.05. The molecule has 0 spiro atoms. The van der Waals surface area contributed by atoms with E-state index in [9.17, 15) is 5.11 Å². The lowest BCUT2D eigenvalue weighted by Gasteiger charge is -2.27. The number of nitrogen functional groups attached to an aromatic ring is 2. The van der Waals surface area contributed by atoms with Crippen molar-refractivity contribution in [2.75, 3.05) is 11.5 Å². The monoisotopic (exact) mass is 574 g/mol. The van der Waals surface area contributed by atoms with E-state index in [4.69, 9.17) is 11.5 Å². The Hall–Kier alpha value is -4.90. The van der Waals surface area contributed by atoms with E-state index in [-0.39, 0.29) is 0 Å². The molecule has 0 saturated heterocycles. The maximum Gasteiger partial charge on any atom is 0.146 e. The van der Waals surface area contributed by atoms with Gasteiger partial charge in [0.05, 0.1) is 16.5 Å². The summed E-state index contributed by atoms with van der Waals surface area (Å²) in [5.41, 5.74) is 17.4. The molecule has 2 fully saturated rings. The smallest absolute Gasteiger partial charge is 0.146 e. The molecule has 2 aliphatic carbocycles. The van der Waals surface area contributed by atoms with Gasteiger partial charge < -0.3 is 25.7 Å². The molecule has 6 heterocycles. The molecule has 11 heteroatoms. The minimum Gasteiger partial charge on any atom is -0.383 e. The van der Waals surface area contributed by atoms with Crippen molar-refractivity contribution in [2.24, 2.45) is 0 Å². The van der Waals surface area contributed by atoms with Crippen molar-refractivity contribution in [1.82, 2.24) is 39.0 Å². The highest BCUT2D eigenvalue weighted by Crippen LogP contribution is 2.39. The summed E-state index contributed by atoms with van der Waals surface area (Å²) in [7, 11) is 0. The number of rotatable bonds is 6. The highest BCUT2D eigenvalue weighted by Gasteiger charge is 2.27. The first-order chi connectivity index (χ1) is 21.1. The summed E-state index contributed by atoms with van der Waals surface area (Å²) in [5.74, 6) is 0.956. The van der Waals surface area contributed by atoms with Gasteiger partial charge in [-0.3, -0.25) is 9.97 Å². The summed E-state index contributed by atoms with van der Waals surface area (Å²) in [6, 6.07) is 12.4. The van der Waals surface area contributed by atoms with Crippen LogP contribution in [0.25, 0.3) is 22.1 Å². The van der Waals surface area contributed by atoms with E-state index < -0.39 is 6.10 Å². The molecule has 2 saturated carbocycles. The van der Waals surface area contributed by atoms with Crippen LogP contribution in [0.15, 0.2) is 73.8 Å². The lowest BCUT2D eigenvalue weighted by Crippen LogP contribution is -2.16. The van der Waals surface area contributed by atoms with Crippen LogP contribution in [0, 0.1) is 0 Å². The lowest BCUT2D eigenvalue weighted by molar-refractivity contribution is 0.216. The van der Waals surface area contributed by atoms with Gasteiger partial charge in [-0.05, 0) is 68.4 Å². The molecule has 6 aromatic rings. The minimum absolute atomic E-state index is 0.396. The van der Waals surface area contributed by atoms with Gasteiger partial charge in [0.25, 0.3) is 0 Å². The molecule has 0 amide bonds. The van der Waals surface area contributed by atoms with Crippen molar-refractivity contribution in [3.8, 4) is 0 Å². The van der Waals surface area contributed by atoms with E-state index in [0.717, 1.165) is 58.2 Å². The number of nitrogens with two attached hydrogens (primary N) is 2. The first-order valence-electron chi connectivity index (χ1n) is 14.8. The van der Waals surface area contributed by atoms with Gasteiger partial charge in [0.15, 0.2) is 0 Å². The molecule has 8 rings (SSSR count). The molecule has 0 radical (unpaired) electrons. The highest BCUT2D eigenvalue weighted by molar-refractivity contribution is 5.91. The molecule has 11 nitrogen and oxygen atoms in total. The number of hydrogen-bond donors (Lipinski definition) is 3. The maximum atomic E-state index is 10.7. The highest BCUT2D eigenvalue weighted by atomic mass is 16.3. The minimum atomic E-state index is -0.835. The fourth-order valence-electron chi connectivity index (χ4n) is 5.95. The number of pyridine rings is 2. The van der Waals surface area contributed by atoms with E-state index in [0.29, 0.717) is 29.4 Å². The van der Waals surface area contributed by atoms with Crippen molar-refractivity contribution in [3.63, 3.8) is 0 Å². The lowest BCUT2D eigenvalue weighted by atomic mass is 9.93. The van der Waals surface area contributed by atoms with Crippen LogP contribution in [-0.4, -0.2) is 44.1 Å². The molecule has 1 atom stereocenters. The van der Waals surface area contributed by atoms with Crippen LogP contribution in [0.4, 0.5) is 11.6 Å². The zero-order valence-corrected chi connectivity index (χ0v) is 23.8. The van der Waals surface area contributed by atoms with E-state index in [2.05, 4.69) is 45.2 Å². The van der Waals surface area contributed by atoms with E-state index in [1.54, 1.807) is 18.6 Å². The fraction of sp³-hybridized carbons (Fsp3) is 0.312. The van der Waals surface area contributed by atoms with Gasteiger partial charge >= 0.3 is 0 Å². The second kappa shape index (κ2) is 11.4. The van der Waals surface area contributed by atoms with Gasteiger partial charge in [-0.1, -0.05) is 12.1 Å². The number of anilines is 2. The average Bonchev–Trinajstić information content (AvgIpc) is 3.53. The largest absolute Gasteiger partial charge is 0.383 e. The molecule has 2 aliphatic rings. The summed E-state index contributed by atoms with van der Waals surface area (Å²) in [6.45, 7) is 0. The molecular weight excluding hydrogens is 540 g/mol. The van der Waals surface area contributed by atoms with Crippen molar-refractivity contribution in [2.45, 2.75) is 63.1 Å². The van der Waals surface area contributed by atoms with Crippen LogP contribution in [0.2, 0.25) is 0 Å². The Labute approximate surface area is 248 Å². The normalized spacial score (nSPS) is 15.9. The van der Waals surface area contributed by atoms with Crippen LogP contribution < -0.4 is 11.5 Å². The second-order valence-electron chi connectivity index (χ2n) is 11.3. The Bertz CT molecular complexity index is 1860. The van der Waals surface area contributed by atoms with Crippen LogP contribution in [0.5, 0.6) is 0 Å². The number of fused-ring (bicyclic) bond motifs is 2. The zero-order valence-electron chi connectivity index (χ0n) is 23.8. The second-order valence-corrected chi connectivity index (χ2v) is 11.3. The Balaban J connectivity index is 0.000000140.